The van der Waals surface area contributed by atoms with E-state index in [2.05, 4.69) is 15.3 Å². The van der Waals surface area contributed by atoms with Crippen molar-refractivity contribution in [1.29, 1.82) is 0 Å². The molecule has 33 heavy (non-hydrogen) atoms. The van der Waals surface area contributed by atoms with Gasteiger partial charge in [0.05, 0.1) is 30.2 Å². The maximum absolute atomic E-state index is 6.00. The Morgan fingerprint density at radius 2 is 1.94 bits per heavy atom. The molecule has 2 aromatic heterocycles. The van der Waals surface area contributed by atoms with Gasteiger partial charge in [-0.25, -0.2) is 4.98 Å². The van der Waals surface area contributed by atoms with Gasteiger partial charge in [0.2, 0.25) is 0 Å². The van der Waals surface area contributed by atoms with Crippen molar-refractivity contribution in [3.8, 4) is 17.1 Å². The molecule has 0 saturated heterocycles. The fourth-order valence-corrected chi connectivity index (χ4v) is 3.07. The number of allylic oxidation sites excluding steroid dienone is 1. The van der Waals surface area contributed by atoms with Crippen LogP contribution in [0.25, 0.3) is 11.3 Å². The zero-order valence-electron chi connectivity index (χ0n) is 19.4. The van der Waals surface area contributed by atoms with Crippen molar-refractivity contribution in [2.45, 2.75) is 33.5 Å². The van der Waals surface area contributed by atoms with Gasteiger partial charge in [0.15, 0.2) is 5.76 Å². The van der Waals surface area contributed by atoms with Crippen LogP contribution in [0.3, 0.4) is 0 Å². The SMILES string of the molecule is CCOC/C=C\C(=C/C(C)OCC)Nc1ncc(-c2ccccc2OCc2ccccn2)o1. The van der Waals surface area contributed by atoms with Crippen LogP contribution in [-0.2, 0) is 16.1 Å². The summed E-state index contributed by atoms with van der Waals surface area (Å²) in [6.07, 6.45) is 9.20. The first kappa shape index (κ1) is 24.2. The van der Waals surface area contributed by atoms with E-state index in [1.165, 1.54) is 0 Å². The number of pyridine rings is 1. The minimum Gasteiger partial charge on any atom is -0.487 e. The maximum Gasteiger partial charge on any atom is 0.299 e. The predicted octanol–water partition coefficient (Wildman–Crippen LogP) is 5.63. The molecule has 1 aromatic carbocycles. The van der Waals surface area contributed by atoms with Crippen LogP contribution in [-0.4, -0.2) is 35.9 Å². The first-order valence-corrected chi connectivity index (χ1v) is 11.1. The summed E-state index contributed by atoms with van der Waals surface area (Å²) >= 11 is 0. The Hall–Kier alpha value is -3.42. The molecule has 0 radical (unpaired) electrons. The van der Waals surface area contributed by atoms with Crippen LogP contribution in [0.1, 0.15) is 26.5 Å². The van der Waals surface area contributed by atoms with Crippen molar-refractivity contribution >= 4 is 6.01 Å². The fraction of sp³-hybridized carbons (Fsp3) is 0.308. The number of anilines is 1. The second-order valence-corrected chi connectivity index (χ2v) is 7.10. The van der Waals surface area contributed by atoms with Gasteiger partial charge in [-0.15, -0.1) is 0 Å². The monoisotopic (exact) mass is 449 g/mol. The van der Waals surface area contributed by atoms with Crippen molar-refractivity contribution in [3.63, 3.8) is 0 Å². The van der Waals surface area contributed by atoms with E-state index in [1.54, 1.807) is 12.4 Å². The number of hydrogen-bond acceptors (Lipinski definition) is 7. The Balaban J connectivity index is 1.74. The van der Waals surface area contributed by atoms with Crippen LogP contribution in [0.5, 0.6) is 5.75 Å². The highest BCUT2D eigenvalue weighted by Gasteiger charge is 2.13. The number of rotatable bonds is 13. The largest absolute Gasteiger partial charge is 0.487 e. The van der Waals surface area contributed by atoms with Crippen molar-refractivity contribution in [2.24, 2.45) is 0 Å². The zero-order valence-corrected chi connectivity index (χ0v) is 19.4. The van der Waals surface area contributed by atoms with E-state index >= 15 is 0 Å². The van der Waals surface area contributed by atoms with Crippen LogP contribution < -0.4 is 10.1 Å². The van der Waals surface area contributed by atoms with Crippen LogP contribution in [0, 0.1) is 0 Å². The zero-order chi connectivity index (χ0) is 23.3. The standard InChI is InChI=1S/C26H31N3O4/c1-4-30-16-10-12-21(17-20(3)31-5-2)29-26-28-18-25(33-26)23-13-6-7-14-24(23)32-19-22-11-8-9-15-27-22/h6-15,17-18,20H,4-5,16,19H2,1-3H3,(H,28,29)/b12-10-,21-17+. The number of para-hydroxylation sites is 1. The van der Waals surface area contributed by atoms with Crippen LogP contribution in [0.4, 0.5) is 6.01 Å². The van der Waals surface area contributed by atoms with Crippen molar-refractivity contribution in [3.05, 3.63) is 84.5 Å². The number of nitrogens with zero attached hydrogens (tertiary/aromatic N) is 2. The van der Waals surface area contributed by atoms with Gasteiger partial charge < -0.3 is 23.9 Å². The molecule has 3 aromatic rings. The van der Waals surface area contributed by atoms with E-state index in [9.17, 15) is 0 Å². The Morgan fingerprint density at radius 3 is 2.73 bits per heavy atom. The first-order chi connectivity index (χ1) is 16.2. The second kappa shape index (κ2) is 13.2. The molecule has 0 aliphatic heterocycles. The summed E-state index contributed by atoms with van der Waals surface area (Å²) in [7, 11) is 0. The second-order valence-electron chi connectivity index (χ2n) is 7.10. The summed E-state index contributed by atoms with van der Waals surface area (Å²) < 4.78 is 23.0. The van der Waals surface area contributed by atoms with E-state index < -0.39 is 0 Å². The lowest BCUT2D eigenvalue weighted by molar-refractivity contribution is 0.109. The van der Waals surface area contributed by atoms with Gasteiger partial charge in [0.1, 0.15) is 12.4 Å². The number of hydrogen-bond donors (Lipinski definition) is 1. The molecule has 0 aliphatic carbocycles. The molecule has 1 unspecified atom stereocenters. The van der Waals surface area contributed by atoms with Crippen molar-refractivity contribution in [2.75, 3.05) is 25.1 Å². The smallest absolute Gasteiger partial charge is 0.299 e. The van der Waals surface area contributed by atoms with Crippen molar-refractivity contribution in [1.82, 2.24) is 9.97 Å². The molecule has 3 rings (SSSR count). The summed E-state index contributed by atoms with van der Waals surface area (Å²) in [6, 6.07) is 13.8. The van der Waals surface area contributed by atoms with Crippen LogP contribution in [0.2, 0.25) is 0 Å². The number of oxazole rings is 1. The Kier molecular flexibility index (Phi) is 9.69. The van der Waals surface area contributed by atoms with Gasteiger partial charge in [-0.2, -0.15) is 0 Å². The third kappa shape index (κ3) is 7.89. The van der Waals surface area contributed by atoms with E-state index in [0.29, 0.717) is 44.0 Å². The molecule has 174 valence electrons. The molecule has 1 N–H and O–H groups in total. The van der Waals surface area contributed by atoms with Crippen molar-refractivity contribution < 1.29 is 18.6 Å². The topological polar surface area (TPSA) is 78.6 Å². The lowest BCUT2D eigenvalue weighted by Crippen LogP contribution is -2.08. The number of ether oxygens (including phenoxy) is 3. The maximum atomic E-state index is 6.00. The van der Waals surface area contributed by atoms with Gasteiger partial charge in [0, 0.05) is 25.1 Å². The first-order valence-electron chi connectivity index (χ1n) is 11.1. The highest BCUT2D eigenvalue weighted by molar-refractivity contribution is 5.66. The summed E-state index contributed by atoms with van der Waals surface area (Å²) in [4.78, 5) is 8.70. The molecule has 2 heterocycles. The molecular formula is C26H31N3O4. The summed E-state index contributed by atoms with van der Waals surface area (Å²) in [5, 5.41) is 3.22. The van der Waals surface area contributed by atoms with Crippen LogP contribution >= 0.6 is 0 Å². The number of benzene rings is 1. The van der Waals surface area contributed by atoms with Gasteiger partial charge in [-0.1, -0.05) is 24.3 Å². The lowest BCUT2D eigenvalue weighted by atomic mass is 10.1. The highest BCUT2D eigenvalue weighted by Crippen LogP contribution is 2.32. The van der Waals surface area contributed by atoms with E-state index in [4.69, 9.17) is 18.6 Å². The summed E-state index contributed by atoms with van der Waals surface area (Å²) in [6.45, 7) is 8.10. The van der Waals surface area contributed by atoms with Crippen LogP contribution in [0.15, 0.2) is 83.2 Å². The van der Waals surface area contributed by atoms with Gasteiger partial charge in [0.25, 0.3) is 6.01 Å². The molecule has 0 saturated carbocycles. The van der Waals surface area contributed by atoms with E-state index in [1.807, 2.05) is 81.5 Å². The normalized spacial score (nSPS) is 12.8. The predicted molar refractivity (Wildman–Crippen MR) is 129 cm³/mol. The third-order valence-corrected chi connectivity index (χ3v) is 4.57. The summed E-state index contributed by atoms with van der Waals surface area (Å²) in [5.74, 6) is 1.30. The molecule has 0 fully saturated rings. The molecule has 7 nitrogen and oxygen atoms in total. The molecule has 0 bridgehead atoms. The Bertz CT molecular complexity index is 1030. The van der Waals surface area contributed by atoms with E-state index in [-0.39, 0.29) is 6.10 Å². The average molecular weight is 450 g/mol. The highest BCUT2D eigenvalue weighted by atomic mass is 16.5. The molecular weight excluding hydrogens is 418 g/mol. The molecule has 0 aliphatic rings. The quantitative estimate of drug-likeness (QED) is 0.268. The minimum absolute atomic E-state index is 0.0654. The fourth-order valence-electron chi connectivity index (χ4n) is 3.07. The van der Waals surface area contributed by atoms with Gasteiger partial charge in [-0.05, 0) is 57.2 Å². The molecule has 0 spiro atoms. The Morgan fingerprint density at radius 1 is 1.09 bits per heavy atom. The van der Waals surface area contributed by atoms with E-state index in [0.717, 1.165) is 17.0 Å². The summed E-state index contributed by atoms with van der Waals surface area (Å²) in [5.41, 5.74) is 2.47. The number of nitrogens with one attached hydrogen (secondary N) is 1. The van der Waals surface area contributed by atoms with Gasteiger partial charge in [-0.3, -0.25) is 4.98 Å². The third-order valence-electron chi connectivity index (χ3n) is 4.57. The average Bonchev–Trinajstić information content (AvgIpc) is 3.29. The molecule has 0 amide bonds. The molecule has 1 atom stereocenters. The van der Waals surface area contributed by atoms with Gasteiger partial charge >= 0.3 is 0 Å². The Labute approximate surface area is 195 Å². The minimum atomic E-state index is -0.0654. The molecule has 7 heteroatoms. The number of aromatic nitrogens is 2. The lowest BCUT2D eigenvalue weighted by Gasteiger charge is -2.10.